The molecule has 0 radical (unpaired) electrons. The molecule has 1 aromatic heterocycles. The summed E-state index contributed by atoms with van der Waals surface area (Å²) in [6.45, 7) is 2.83. The average Bonchev–Trinajstić information content (AvgIpc) is 3.09. The first-order valence-corrected chi connectivity index (χ1v) is 6.32. The third kappa shape index (κ3) is 1.87. The second-order valence-electron chi connectivity index (χ2n) is 4.86. The summed E-state index contributed by atoms with van der Waals surface area (Å²) in [5.41, 5.74) is 0.711. The SMILES string of the molecule is CCn1cc(N2CC(=O)NC(C3CC3)C2=O)cn1. The summed E-state index contributed by atoms with van der Waals surface area (Å²) in [7, 11) is 0. The molecule has 1 unspecified atom stereocenters. The second-order valence-corrected chi connectivity index (χ2v) is 4.86. The van der Waals surface area contributed by atoms with Gasteiger partial charge in [0.2, 0.25) is 11.8 Å². The summed E-state index contributed by atoms with van der Waals surface area (Å²) < 4.78 is 1.75. The van der Waals surface area contributed by atoms with Crippen LogP contribution in [0, 0.1) is 5.92 Å². The van der Waals surface area contributed by atoms with Crippen LogP contribution in [-0.4, -0.2) is 34.2 Å². The van der Waals surface area contributed by atoms with Crippen molar-refractivity contribution in [3.05, 3.63) is 12.4 Å². The lowest BCUT2D eigenvalue weighted by Gasteiger charge is -2.31. The van der Waals surface area contributed by atoms with E-state index in [0.29, 0.717) is 11.6 Å². The number of hydrogen-bond acceptors (Lipinski definition) is 3. The minimum atomic E-state index is -0.337. The number of piperazine rings is 1. The lowest BCUT2D eigenvalue weighted by Crippen LogP contribution is -2.59. The lowest BCUT2D eigenvalue weighted by atomic mass is 10.1. The first-order chi connectivity index (χ1) is 8.69. The molecule has 6 heteroatoms. The number of nitrogens with zero attached hydrogens (tertiary/aromatic N) is 3. The molecule has 1 aliphatic heterocycles. The molecule has 2 aliphatic rings. The van der Waals surface area contributed by atoms with Gasteiger partial charge in [-0.2, -0.15) is 5.10 Å². The highest BCUT2D eigenvalue weighted by molar-refractivity contribution is 6.06. The van der Waals surface area contributed by atoms with Crippen molar-refractivity contribution in [1.82, 2.24) is 15.1 Å². The molecule has 2 fully saturated rings. The monoisotopic (exact) mass is 248 g/mol. The van der Waals surface area contributed by atoms with Gasteiger partial charge in [-0.15, -0.1) is 0 Å². The van der Waals surface area contributed by atoms with Crippen LogP contribution in [0.25, 0.3) is 0 Å². The van der Waals surface area contributed by atoms with E-state index in [0.717, 1.165) is 19.4 Å². The highest BCUT2D eigenvalue weighted by Gasteiger charge is 2.43. The summed E-state index contributed by atoms with van der Waals surface area (Å²) in [6, 6.07) is -0.337. The Morgan fingerprint density at radius 1 is 1.44 bits per heavy atom. The first kappa shape index (κ1) is 11.3. The minimum absolute atomic E-state index is 0.00671. The molecule has 0 bridgehead atoms. The Balaban J connectivity index is 1.85. The number of aromatic nitrogens is 2. The van der Waals surface area contributed by atoms with E-state index in [9.17, 15) is 9.59 Å². The van der Waals surface area contributed by atoms with Crippen molar-refractivity contribution in [3.8, 4) is 0 Å². The zero-order valence-corrected chi connectivity index (χ0v) is 10.3. The average molecular weight is 248 g/mol. The lowest BCUT2D eigenvalue weighted by molar-refractivity contribution is -0.131. The highest BCUT2D eigenvalue weighted by atomic mass is 16.2. The van der Waals surface area contributed by atoms with Crippen LogP contribution >= 0.6 is 0 Å². The van der Waals surface area contributed by atoms with E-state index in [1.807, 2.05) is 6.92 Å². The zero-order chi connectivity index (χ0) is 12.7. The first-order valence-electron chi connectivity index (χ1n) is 6.32. The van der Waals surface area contributed by atoms with Crippen LogP contribution < -0.4 is 10.2 Å². The number of anilines is 1. The molecule has 0 spiro atoms. The van der Waals surface area contributed by atoms with E-state index in [1.54, 1.807) is 22.0 Å². The maximum atomic E-state index is 12.3. The molecule has 2 heterocycles. The Labute approximate surface area is 105 Å². The van der Waals surface area contributed by atoms with Crippen LogP contribution in [0.5, 0.6) is 0 Å². The molecule has 1 saturated heterocycles. The van der Waals surface area contributed by atoms with Crippen LogP contribution in [0.4, 0.5) is 5.69 Å². The Kier molecular flexibility index (Phi) is 2.57. The highest BCUT2D eigenvalue weighted by Crippen LogP contribution is 2.35. The molecule has 1 atom stereocenters. The van der Waals surface area contributed by atoms with E-state index in [1.165, 1.54) is 0 Å². The Morgan fingerprint density at radius 3 is 2.83 bits per heavy atom. The molecule has 3 rings (SSSR count). The number of carbonyl (C=O) groups excluding carboxylic acids is 2. The smallest absolute Gasteiger partial charge is 0.250 e. The predicted molar refractivity (Wildman–Crippen MR) is 64.9 cm³/mol. The van der Waals surface area contributed by atoms with Crippen LogP contribution in [0.2, 0.25) is 0 Å². The standard InChI is InChI=1S/C12H16N4O2/c1-2-15-6-9(5-13-15)16-7-10(17)14-11(12(16)18)8-3-4-8/h5-6,8,11H,2-4,7H2,1H3,(H,14,17). The van der Waals surface area contributed by atoms with Crippen molar-refractivity contribution in [2.75, 3.05) is 11.4 Å². The summed E-state index contributed by atoms with van der Waals surface area (Å²) in [4.78, 5) is 25.5. The minimum Gasteiger partial charge on any atom is -0.342 e. The van der Waals surface area contributed by atoms with Crippen LogP contribution in [0.1, 0.15) is 19.8 Å². The number of aryl methyl sites for hydroxylation is 1. The molecule has 2 amide bonds. The molecule has 0 aromatic carbocycles. The Hall–Kier alpha value is -1.85. The van der Waals surface area contributed by atoms with Crippen molar-refractivity contribution in [2.45, 2.75) is 32.4 Å². The maximum absolute atomic E-state index is 12.3. The van der Waals surface area contributed by atoms with E-state index >= 15 is 0 Å². The van der Waals surface area contributed by atoms with Crippen molar-refractivity contribution >= 4 is 17.5 Å². The fourth-order valence-electron chi connectivity index (χ4n) is 2.30. The third-order valence-electron chi connectivity index (χ3n) is 3.50. The predicted octanol–water partition coefficient (Wildman–Crippen LogP) is 0.144. The Morgan fingerprint density at radius 2 is 2.22 bits per heavy atom. The van der Waals surface area contributed by atoms with Gasteiger partial charge in [0.25, 0.3) is 0 Å². The number of amides is 2. The van der Waals surface area contributed by atoms with Gasteiger partial charge < -0.3 is 5.32 Å². The second kappa shape index (κ2) is 4.12. The van der Waals surface area contributed by atoms with E-state index in [-0.39, 0.29) is 24.4 Å². The van der Waals surface area contributed by atoms with Gasteiger partial charge in [0.1, 0.15) is 12.6 Å². The van der Waals surface area contributed by atoms with Gasteiger partial charge in [0, 0.05) is 12.7 Å². The Bertz CT molecular complexity index is 492. The molecule has 6 nitrogen and oxygen atoms in total. The van der Waals surface area contributed by atoms with E-state index < -0.39 is 0 Å². The van der Waals surface area contributed by atoms with Gasteiger partial charge in [0.15, 0.2) is 0 Å². The largest absolute Gasteiger partial charge is 0.342 e. The van der Waals surface area contributed by atoms with Crippen molar-refractivity contribution < 1.29 is 9.59 Å². The molecular formula is C12H16N4O2. The molecule has 1 aliphatic carbocycles. The van der Waals surface area contributed by atoms with Crippen LogP contribution in [0.3, 0.4) is 0 Å². The summed E-state index contributed by atoms with van der Waals surface area (Å²) in [5, 5.41) is 6.94. The van der Waals surface area contributed by atoms with E-state index in [2.05, 4.69) is 10.4 Å². The van der Waals surface area contributed by atoms with Gasteiger partial charge in [-0.25, -0.2) is 0 Å². The van der Waals surface area contributed by atoms with Gasteiger partial charge in [-0.3, -0.25) is 19.2 Å². The molecular weight excluding hydrogens is 232 g/mol. The number of hydrogen-bond donors (Lipinski definition) is 1. The molecule has 18 heavy (non-hydrogen) atoms. The number of carbonyl (C=O) groups is 2. The van der Waals surface area contributed by atoms with Crippen LogP contribution in [0.15, 0.2) is 12.4 Å². The summed E-state index contributed by atoms with van der Waals surface area (Å²) >= 11 is 0. The van der Waals surface area contributed by atoms with E-state index in [4.69, 9.17) is 0 Å². The third-order valence-corrected chi connectivity index (χ3v) is 3.50. The van der Waals surface area contributed by atoms with Crippen molar-refractivity contribution in [3.63, 3.8) is 0 Å². The number of rotatable bonds is 3. The topological polar surface area (TPSA) is 67.2 Å². The molecule has 1 saturated carbocycles. The quantitative estimate of drug-likeness (QED) is 0.827. The molecule has 1 N–H and O–H groups in total. The van der Waals surface area contributed by atoms with Gasteiger partial charge >= 0.3 is 0 Å². The van der Waals surface area contributed by atoms with Crippen molar-refractivity contribution in [1.29, 1.82) is 0 Å². The summed E-state index contributed by atoms with van der Waals surface area (Å²) in [5.74, 6) is 0.231. The fourth-order valence-corrected chi connectivity index (χ4v) is 2.30. The fraction of sp³-hybridized carbons (Fsp3) is 0.583. The summed E-state index contributed by atoms with van der Waals surface area (Å²) in [6.07, 6.45) is 5.50. The van der Waals surface area contributed by atoms with Crippen LogP contribution in [-0.2, 0) is 16.1 Å². The van der Waals surface area contributed by atoms with Crippen molar-refractivity contribution in [2.24, 2.45) is 5.92 Å². The van der Waals surface area contributed by atoms with Gasteiger partial charge in [-0.1, -0.05) is 0 Å². The van der Waals surface area contributed by atoms with Gasteiger partial charge in [-0.05, 0) is 25.7 Å². The molecule has 1 aromatic rings. The molecule has 96 valence electrons. The maximum Gasteiger partial charge on any atom is 0.250 e. The normalized spacial score (nSPS) is 24.3. The number of nitrogens with one attached hydrogen (secondary N) is 1. The zero-order valence-electron chi connectivity index (χ0n) is 10.3. The van der Waals surface area contributed by atoms with Gasteiger partial charge in [0.05, 0.1) is 11.9 Å².